The van der Waals surface area contributed by atoms with Gasteiger partial charge in [-0.25, -0.2) is 0 Å². The molecule has 0 aliphatic carbocycles. The Morgan fingerprint density at radius 2 is 1.95 bits per heavy atom. The number of methoxy groups -OCH3 is 1. The first-order valence-corrected chi connectivity index (χ1v) is 7.26. The van der Waals surface area contributed by atoms with E-state index in [-0.39, 0.29) is 11.8 Å². The smallest absolute Gasteiger partial charge is 0.160 e. The summed E-state index contributed by atoms with van der Waals surface area (Å²) in [5.74, 6) is 0.688. The molecule has 1 atom stereocenters. The number of hydrogen-bond donors (Lipinski definition) is 2. The van der Waals surface area contributed by atoms with Gasteiger partial charge in [0.1, 0.15) is 0 Å². The zero-order valence-electron chi connectivity index (χ0n) is 12.9. The van der Waals surface area contributed by atoms with E-state index in [1.165, 1.54) is 11.1 Å². The van der Waals surface area contributed by atoms with Gasteiger partial charge in [-0.1, -0.05) is 30.3 Å². The number of rotatable bonds is 6. The second-order valence-corrected chi connectivity index (χ2v) is 5.28. The molecule has 0 saturated carbocycles. The number of ether oxygens (including phenoxy) is 1. The lowest BCUT2D eigenvalue weighted by atomic mass is 10.0. The molecule has 2 aromatic rings. The number of aryl methyl sites for hydroxylation is 1. The molecule has 1 unspecified atom stereocenters. The molecule has 3 nitrogen and oxygen atoms in total. The first-order valence-electron chi connectivity index (χ1n) is 7.26. The standard InChI is InChI=1S/C18H23NO2/c1-13-6-4-5-7-15(13)10-11-19-14(2)16-8-9-17(20)18(12-16)21-3/h4-9,12,14,19-20H,10-11H2,1-3H3. The van der Waals surface area contributed by atoms with Gasteiger partial charge in [0.05, 0.1) is 7.11 Å². The molecule has 0 bridgehead atoms. The van der Waals surface area contributed by atoms with Crippen molar-refractivity contribution in [2.24, 2.45) is 0 Å². The summed E-state index contributed by atoms with van der Waals surface area (Å²) < 4.78 is 5.15. The van der Waals surface area contributed by atoms with Crippen LogP contribution < -0.4 is 10.1 Å². The zero-order valence-corrected chi connectivity index (χ0v) is 12.9. The Morgan fingerprint density at radius 1 is 1.19 bits per heavy atom. The molecule has 2 aromatic carbocycles. The van der Waals surface area contributed by atoms with E-state index in [1.807, 2.05) is 12.1 Å². The van der Waals surface area contributed by atoms with Crippen molar-refractivity contribution in [2.75, 3.05) is 13.7 Å². The minimum Gasteiger partial charge on any atom is -0.504 e. The fourth-order valence-electron chi connectivity index (χ4n) is 2.40. The molecule has 2 N–H and O–H groups in total. The maximum Gasteiger partial charge on any atom is 0.160 e. The Balaban J connectivity index is 1.93. The largest absolute Gasteiger partial charge is 0.504 e. The van der Waals surface area contributed by atoms with Gasteiger partial charge in [-0.05, 0) is 55.6 Å². The average Bonchev–Trinajstić information content (AvgIpc) is 2.49. The molecule has 0 heterocycles. The van der Waals surface area contributed by atoms with Gasteiger partial charge in [-0.3, -0.25) is 0 Å². The maximum absolute atomic E-state index is 9.63. The summed E-state index contributed by atoms with van der Waals surface area (Å²) in [7, 11) is 1.56. The van der Waals surface area contributed by atoms with Crippen molar-refractivity contribution in [3.8, 4) is 11.5 Å². The average molecular weight is 285 g/mol. The maximum atomic E-state index is 9.63. The highest BCUT2D eigenvalue weighted by molar-refractivity contribution is 5.42. The molecule has 112 valence electrons. The van der Waals surface area contributed by atoms with Crippen LogP contribution in [0, 0.1) is 6.92 Å². The van der Waals surface area contributed by atoms with Crippen molar-refractivity contribution < 1.29 is 9.84 Å². The molecule has 2 rings (SSSR count). The SMILES string of the molecule is COc1cc(C(C)NCCc2ccccc2C)ccc1O. The van der Waals surface area contributed by atoms with Crippen molar-refractivity contribution in [1.29, 1.82) is 0 Å². The van der Waals surface area contributed by atoms with Crippen molar-refractivity contribution in [1.82, 2.24) is 5.32 Å². The van der Waals surface area contributed by atoms with Gasteiger partial charge in [-0.15, -0.1) is 0 Å². The first kappa shape index (κ1) is 15.4. The molecular weight excluding hydrogens is 262 g/mol. The van der Waals surface area contributed by atoms with Crippen molar-refractivity contribution >= 4 is 0 Å². The number of hydrogen-bond acceptors (Lipinski definition) is 3. The van der Waals surface area contributed by atoms with Crippen LogP contribution in [0.15, 0.2) is 42.5 Å². The quantitative estimate of drug-likeness (QED) is 0.852. The lowest BCUT2D eigenvalue weighted by Crippen LogP contribution is -2.21. The predicted octanol–water partition coefficient (Wildman–Crippen LogP) is 3.60. The third-order valence-corrected chi connectivity index (χ3v) is 3.81. The van der Waals surface area contributed by atoms with Crippen molar-refractivity contribution in [2.45, 2.75) is 26.3 Å². The highest BCUT2D eigenvalue weighted by atomic mass is 16.5. The van der Waals surface area contributed by atoms with E-state index in [1.54, 1.807) is 13.2 Å². The summed E-state index contributed by atoms with van der Waals surface area (Å²) in [6, 6.07) is 14.1. The van der Waals surface area contributed by atoms with Gasteiger partial charge >= 0.3 is 0 Å². The van der Waals surface area contributed by atoms with Gasteiger partial charge in [0.15, 0.2) is 11.5 Å². The molecule has 21 heavy (non-hydrogen) atoms. The summed E-state index contributed by atoms with van der Waals surface area (Å²) in [5.41, 5.74) is 3.81. The van der Waals surface area contributed by atoms with Gasteiger partial charge in [0.25, 0.3) is 0 Å². The Bertz CT molecular complexity index is 596. The summed E-state index contributed by atoms with van der Waals surface area (Å²) >= 11 is 0. The van der Waals surface area contributed by atoms with E-state index in [0.717, 1.165) is 18.5 Å². The third kappa shape index (κ3) is 3.99. The normalized spacial score (nSPS) is 12.1. The van der Waals surface area contributed by atoms with Crippen LogP contribution in [-0.4, -0.2) is 18.8 Å². The van der Waals surface area contributed by atoms with E-state index in [4.69, 9.17) is 4.74 Å². The van der Waals surface area contributed by atoms with Gasteiger partial charge in [0.2, 0.25) is 0 Å². The highest BCUT2D eigenvalue weighted by Crippen LogP contribution is 2.28. The van der Waals surface area contributed by atoms with E-state index in [2.05, 4.69) is 43.4 Å². The van der Waals surface area contributed by atoms with E-state index >= 15 is 0 Å². The minimum atomic E-state index is 0.174. The molecule has 0 aromatic heterocycles. The van der Waals surface area contributed by atoms with E-state index in [9.17, 15) is 5.11 Å². The predicted molar refractivity (Wildman–Crippen MR) is 86.0 cm³/mol. The van der Waals surface area contributed by atoms with Crippen LogP contribution in [0.5, 0.6) is 11.5 Å². The molecule has 0 radical (unpaired) electrons. The molecule has 0 saturated heterocycles. The molecule has 0 spiro atoms. The molecule has 0 fully saturated rings. The Kier molecular flexibility index (Phi) is 5.23. The monoisotopic (exact) mass is 285 g/mol. The van der Waals surface area contributed by atoms with Crippen LogP contribution >= 0.6 is 0 Å². The summed E-state index contributed by atoms with van der Waals surface area (Å²) in [6.45, 7) is 5.17. The number of phenols is 1. The van der Waals surface area contributed by atoms with Crippen LogP contribution in [0.1, 0.15) is 29.7 Å². The van der Waals surface area contributed by atoms with Crippen LogP contribution in [0.25, 0.3) is 0 Å². The van der Waals surface area contributed by atoms with E-state index < -0.39 is 0 Å². The molecule has 0 amide bonds. The second kappa shape index (κ2) is 7.14. The molecule has 3 heteroatoms. The van der Waals surface area contributed by atoms with Crippen LogP contribution in [0.4, 0.5) is 0 Å². The van der Waals surface area contributed by atoms with Crippen LogP contribution in [0.3, 0.4) is 0 Å². The number of aromatic hydroxyl groups is 1. The summed E-state index contributed by atoms with van der Waals surface area (Å²) in [4.78, 5) is 0. The zero-order chi connectivity index (χ0) is 15.2. The Labute approximate surface area is 126 Å². The summed E-state index contributed by atoms with van der Waals surface area (Å²) in [5, 5.41) is 13.1. The lowest BCUT2D eigenvalue weighted by Gasteiger charge is -2.16. The second-order valence-electron chi connectivity index (χ2n) is 5.28. The highest BCUT2D eigenvalue weighted by Gasteiger charge is 2.09. The van der Waals surface area contributed by atoms with Crippen LogP contribution in [0.2, 0.25) is 0 Å². The van der Waals surface area contributed by atoms with E-state index in [0.29, 0.717) is 5.75 Å². The van der Waals surface area contributed by atoms with Gasteiger partial charge in [0, 0.05) is 6.04 Å². The molecule has 0 aliphatic rings. The van der Waals surface area contributed by atoms with Gasteiger partial charge < -0.3 is 15.2 Å². The molecule has 0 aliphatic heterocycles. The lowest BCUT2D eigenvalue weighted by molar-refractivity contribution is 0.372. The molecular formula is C18H23NO2. The number of nitrogens with one attached hydrogen (secondary N) is 1. The van der Waals surface area contributed by atoms with Crippen molar-refractivity contribution in [3.05, 3.63) is 59.2 Å². The number of benzene rings is 2. The number of phenolic OH excluding ortho intramolecular Hbond substituents is 1. The van der Waals surface area contributed by atoms with Crippen molar-refractivity contribution in [3.63, 3.8) is 0 Å². The minimum absolute atomic E-state index is 0.174. The van der Waals surface area contributed by atoms with Crippen LogP contribution in [-0.2, 0) is 6.42 Å². The topological polar surface area (TPSA) is 41.5 Å². The summed E-state index contributed by atoms with van der Waals surface area (Å²) in [6.07, 6.45) is 1.01. The first-order chi connectivity index (χ1) is 10.1. The Morgan fingerprint density at radius 3 is 2.67 bits per heavy atom. The fourth-order valence-corrected chi connectivity index (χ4v) is 2.40. The third-order valence-electron chi connectivity index (χ3n) is 3.81. The van der Waals surface area contributed by atoms with Gasteiger partial charge in [-0.2, -0.15) is 0 Å². The Hall–Kier alpha value is -2.00. The fraction of sp³-hybridized carbons (Fsp3) is 0.333.